The van der Waals surface area contributed by atoms with E-state index in [4.69, 9.17) is 15.0 Å². The summed E-state index contributed by atoms with van der Waals surface area (Å²) >= 11 is 0. The van der Waals surface area contributed by atoms with Gasteiger partial charge in [0.15, 0.2) is 0 Å². The zero-order chi connectivity index (χ0) is 17.3. The molecule has 25 heavy (non-hydrogen) atoms. The molecular weight excluding hydrogens is 332 g/mol. The molecule has 138 valence electrons. The summed E-state index contributed by atoms with van der Waals surface area (Å²) in [4.78, 5) is 0. The van der Waals surface area contributed by atoms with Crippen molar-refractivity contribution >= 4 is 19.5 Å². The van der Waals surface area contributed by atoms with Crippen molar-refractivity contribution in [2.45, 2.75) is 71.5 Å². The van der Waals surface area contributed by atoms with Crippen molar-refractivity contribution in [3.63, 3.8) is 0 Å². The molecule has 3 saturated carbocycles. The van der Waals surface area contributed by atoms with E-state index in [9.17, 15) is 0 Å². The molecule has 0 unspecified atom stereocenters. The summed E-state index contributed by atoms with van der Waals surface area (Å²) in [5.74, 6) is 1.25. The van der Waals surface area contributed by atoms with Crippen LogP contribution >= 0.6 is 12.4 Å². The van der Waals surface area contributed by atoms with E-state index in [1.165, 1.54) is 23.1 Å². The smallest absolute Gasteiger partial charge is 0.404 e. The van der Waals surface area contributed by atoms with Gasteiger partial charge in [0.25, 0.3) is 0 Å². The third-order valence-electron chi connectivity index (χ3n) is 7.27. The van der Waals surface area contributed by atoms with Crippen LogP contribution in [0.3, 0.4) is 0 Å². The van der Waals surface area contributed by atoms with E-state index in [0.29, 0.717) is 11.3 Å². The zero-order valence-electron chi connectivity index (χ0n) is 16.0. The lowest BCUT2D eigenvalue weighted by molar-refractivity contribution is -0.199. The number of benzene rings is 1. The van der Waals surface area contributed by atoms with E-state index in [1.54, 1.807) is 0 Å². The molecule has 5 rings (SSSR count). The average molecular weight is 364 g/mol. The fourth-order valence-electron chi connectivity index (χ4n) is 5.51. The van der Waals surface area contributed by atoms with E-state index in [0.717, 1.165) is 18.8 Å². The molecule has 3 aliphatic carbocycles. The van der Waals surface area contributed by atoms with Gasteiger partial charge >= 0.3 is 7.12 Å². The van der Waals surface area contributed by atoms with Gasteiger partial charge in [-0.25, -0.2) is 0 Å². The van der Waals surface area contributed by atoms with Gasteiger partial charge in [0.05, 0.1) is 11.7 Å². The fourth-order valence-corrected chi connectivity index (χ4v) is 5.51. The second kappa shape index (κ2) is 6.26. The minimum Gasteiger partial charge on any atom is -0.404 e. The van der Waals surface area contributed by atoms with Gasteiger partial charge in [0.1, 0.15) is 0 Å². The number of nitrogens with two attached hydrogens (primary N) is 1. The van der Waals surface area contributed by atoms with Gasteiger partial charge in [-0.15, -0.1) is 12.4 Å². The molecule has 2 bridgehead atoms. The Hall–Kier alpha value is -0.545. The molecule has 0 radical (unpaired) electrons. The van der Waals surface area contributed by atoms with Gasteiger partial charge < -0.3 is 15.0 Å². The van der Waals surface area contributed by atoms with E-state index in [2.05, 4.69) is 52.8 Å². The van der Waals surface area contributed by atoms with Crippen LogP contribution in [0.15, 0.2) is 18.2 Å². The van der Waals surface area contributed by atoms with Crippen LogP contribution in [-0.2, 0) is 15.7 Å². The molecule has 4 aliphatic rings. The van der Waals surface area contributed by atoms with Crippen LogP contribution in [0.1, 0.15) is 50.3 Å². The highest BCUT2D eigenvalue weighted by Gasteiger charge is 2.68. The van der Waals surface area contributed by atoms with Gasteiger partial charge in [-0.3, -0.25) is 0 Å². The lowest BCUT2D eigenvalue weighted by Gasteiger charge is -2.64. The predicted molar refractivity (Wildman–Crippen MR) is 105 cm³/mol. The Kier molecular flexibility index (Phi) is 4.82. The Bertz CT molecular complexity index is 667. The van der Waals surface area contributed by atoms with Crippen LogP contribution in [0.4, 0.5) is 0 Å². The number of rotatable bonds is 3. The van der Waals surface area contributed by atoms with Crippen molar-refractivity contribution in [3.8, 4) is 0 Å². The van der Waals surface area contributed by atoms with Crippen molar-refractivity contribution in [3.05, 3.63) is 34.9 Å². The summed E-state index contributed by atoms with van der Waals surface area (Å²) in [6.07, 6.45) is 3.41. The van der Waals surface area contributed by atoms with Gasteiger partial charge in [-0.1, -0.05) is 37.6 Å². The Balaban J connectivity index is 0.00000182. The highest BCUT2D eigenvalue weighted by Crippen LogP contribution is 2.65. The first-order valence-corrected chi connectivity index (χ1v) is 9.37. The molecule has 1 aliphatic heterocycles. The summed E-state index contributed by atoms with van der Waals surface area (Å²) in [5, 5.41) is 0. The zero-order valence-corrected chi connectivity index (χ0v) is 16.9. The molecule has 1 saturated heterocycles. The summed E-state index contributed by atoms with van der Waals surface area (Å²) in [6, 6.07) is 6.56. The standard InChI is InChI=1S/C20H30BNO2.ClH/c1-12-6-7-14(13(2)8-12)9-18(22)21-23-17-11-15-10-16(19(15,3)4)20(17,5)24-21;/h6-8,15-18H,9-11,22H2,1-5H3;1H/t15-,16-,17+,18-,20-;/m0./s1. The van der Waals surface area contributed by atoms with Crippen LogP contribution in [0.5, 0.6) is 0 Å². The SMILES string of the molecule is Cc1ccc(C[C@H](N)B2O[C@@H]3C[C@@H]4C[C@@H](C4(C)C)[C@]3(C)O2)c(C)c1.Cl. The highest BCUT2D eigenvalue weighted by atomic mass is 35.5. The van der Waals surface area contributed by atoms with Crippen molar-refractivity contribution in [1.29, 1.82) is 0 Å². The first-order chi connectivity index (χ1) is 11.2. The minimum absolute atomic E-state index is 0. The second-order valence-electron chi connectivity index (χ2n) is 9.14. The van der Waals surface area contributed by atoms with Gasteiger partial charge in [0, 0.05) is 5.94 Å². The van der Waals surface area contributed by atoms with Crippen LogP contribution in [0, 0.1) is 31.1 Å². The molecule has 0 amide bonds. The topological polar surface area (TPSA) is 44.5 Å². The molecule has 0 spiro atoms. The maximum atomic E-state index is 6.51. The molecule has 2 N–H and O–H groups in total. The van der Waals surface area contributed by atoms with Gasteiger partial charge in [-0.2, -0.15) is 0 Å². The first kappa shape index (κ1) is 19.2. The monoisotopic (exact) mass is 363 g/mol. The first-order valence-electron chi connectivity index (χ1n) is 9.37. The average Bonchev–Trinajstić information content (AvgIpc) is 2.86. The number of aryl methyl sites for hydroxylation is 2. The molecule has 1 heterocycles. The molecule has 1 aromatic carbocycles. The largest absolute Gasteiger partial charge is 0.475 e. The molecule has 4 fully saturated rings. The summed E-state index contributed by atoms with van der Waals surface area (Å²) in [6.45, 7) is 11.3. The summed E-state index contributed by atoms with van der Waals surface area (Å²) < 4.78 is 12.8. The third-order valence-corrected chi connectivity index (χ3v) is 7.27. The highest BCUT2D eigenvalue weighted by molar-refractivity contribution is 6.47. The van der Waals surface area contributed by atoms with Crippen molar-refractivity contribution in [2.24, 2.45) is 23.0 Å². The second-order valence-corrected chi connectivity index (χ2v) is 9.14. The summed E-state index contributed by atoms with van der Waals surface area (Å²) in [5.41, 5.74) is 10.6. The molecule has 0 aromatic heterocycles. The van der Waals surface area contributed by atoms with Gasteiger partial charge in [-0.05, 0) is 68.4 Å². The lowest BCUT2D eigenvalue weighted by Crippen LogP contribution is -2.65. The Morgan fingerprint density at radius 2 is 1.96 bits per heavy atom. The third kappa shape index (κ3) is 2.86. The predicted octanol–water partition coefficient (Wildman–Crippen LogP) is 3.86. The molecule has 5 heteroatoms. The molecular formula is C20H31BClNO2. The van der Waals surface area contributed by atoms with Gasteiger partial charge in [0.2, 0.25) is 0 Å². The van der Waals surface area contributed by atoms with Crippen LogP contribution in [0.2, 0.25) is 0 Å². The quantitative estimate of drug-likeness (QED) is 0.829. The van der Waals surface area contributed by atoms with E-state index in [-0.39, 0.29) is 37.2 Å². The van der Waals surface area contributed by atoms with Crippen molar-refractivity contribution in [1.82, 2.24) is 0 Å². The Morgan fingerprint density at radius 1 is 1.24 bits per heavy atom. The van der Waals surface area contributed by atoms with Crippen molar-refractivity contribution < 1.29 is 9.31 Å². The summed E-state index contributed by atoms with van der Waals surface area (Å²) in [7, 11) is -0.282. The number of hydrogen-bond acceptors (Lipinski definition) is 3. The van der Waals surface area contributed by atoms with Crippen LogP contribution in [0.25, 0.3) is 0 Å². The Morgan fingerprint density at radius 3 is 2.60 bits per heavy atom. The molecule has 3 nitrogen and oxygen atoms in total. The minimum atomic E-state index is -0.282. The number of hydrogen-bond donors (Lipinski definition) is 1. The lowest BCUT2D eigenvalue weighted by atomic mass is 9.43. The fraction of sp³-hybridized carbons (Fsp3) is 0.700. The normalized spacial score (nSPS) is 36.2. The maximum Gasteiger partial charge on any atom is 0.475 e. The van der Waals surface area contributed by atoms with Crippen LogP contribution < -0.4 is 5.73 Å². The van der Waals surface area contributed by atoms with Crippen molar-refractivity contribution in [2.75, 3.05) is 0 Å². The Labute approximate surface area is 158 Å². The molecule has 5 atom stereocenters. The van der Waals surface area contributed by atoms with Crippen LogP contribution in [-0.4, -0.2) is 24.8 Å². The molecule has 1 aromatic rings. The van der Waals surface area contributed by atoms with E-state index < -0.39 is 0 Å². The van der Waals surface area contributed by atoms with E-state index >= 15 is 0 Å². The number of halogens is 1. The van der Waals surface area contributed by atoms with E-state index in [1.807, 2.05) is 0 Å². The maximum absolute atomic E-state index is 6.51.